The van der Waals surface area contributed by atoms with Crippen molar-refractivity contribution >= 4 is 95.5 Å². The second kappa shape index (κ2) is 11.0. The Morgan fingerprint density at radius 3 is 0.875 bits per heavy atom. The van der Waals surface area contributed by atoms with E-state index in [2.05, 4.69) is 0 Å². The maximum atomic E-state index is 13.5. The Bertz CT molecular complexity index is 933. The second-order valence-electron chi connectivity index (χ2n) is 5.90. The summed E-state index contributed by atoms with van der Waals surface area (Å²) < 4.78 is 32.9. The maximum absolute atomic E-state index is 13.5. The molecule has 0 spiro atoms. The minimum atomic E-state index is -4.24. The topological polar surface area (TPSA) is 54.5 Å². The molecule has 0 aliphatic carbocycles. The van der Waals surface area contributed by atoms with Gasteiger partial charge in [0.15, 0.2) is 0 Å². The maximum Gasteiger partial charge on any atom is 0.647 e. The van der Waals surface area contributed by atoms with Gasteiger partial charge in [-0.05, 0) is 72.8 Å². The van der Waals surface area contributed by atoms with Crippen LogP contribution in [0.15, 0.2) is 72.8 Å². The van der Waals surface area contributed by atoms with Crippen molar-refractivity contribution in [3.63, 3.8) is 0 Å². The number of rotatable bonds is 9. The molecular formula is C18H12Cl6N3O4P. The second-order valence-corrected chi connectivity index (χ2v) is 9.89. The zero-order chi connectivity index (χ0) is 23.3. The monoisotopic (exact) mass is 575 g/mol. The van der Waals surface area contributed by atoms with Crippen LogP contribution in [-0.4, -0.2) is 0 Å². The predicted molar refractivity (Wildman–Crippen MR) is 131 cm³/mol. The molecule has 0 amide bonds. The standard InChI is InChI=1S/C18H12Cl6N3O4P/c19-25(20)13-1-7-16(8-2-13)29-32(28,30-17-9-3-14(4-10-17)26(21)22)31-18-11-5-15(6-12-18)27(23)24/h1-12H. The fraction of sp³-hybridized carbons (Fsp3) is 0. The molecule has 0 fully saturated rings. The van der Waals surface area contributed by atoms with Crippen LogP contribution < -0.4 is 25.4 Å². The van der Waals surface area contributed by atoms with Crippen LogP contribution in [0.1, 0.15) is 0 Å². The third-order valence-electron chi connectivity index (χ3n) is 3.75. The zero-order valence-electron chi connectivity index (χ0n) is 15.6. The molecule has 0 saturated heterocycles. The largest absolute Gasteiger partial charge is 0.647 e. The molecule has 7 nitrogen and oxygen atoms in total. The minimum absolute atomic E-state index is 0.181. The van der Waals surface area contributed by atoms with Crippen LogP contribution in [0.3, 0.4) is 0 Å². The van der Waals surface area contributed by atoms with Crippen LogP contribution in [0.25, 0.3) is 0 Å². The first-order valence-corrected chi connectivity index (χ1v) is 12.0. The van der Waals surface area contributed by atoms with E-state index in [1.54, 1.807) is 36.4 Å². The van der Waals surface area contributed by atoms with Crippen LogP contribution in [0, 0.1) is 0 Å². The van der Waals surface area contributed by atoms with Gasteiger partial charge in [0.2, 0.25) is 0 Å². The van der Waals surface area contributed by atoms with Gasteiger partial charge < -0.3 is 13.6 Å². The number of anilines is 3. The molecule has 170 valence electrons. The molecule has 0 atom stereocenters. The van der Waals surface area contributed by atoms with Gasteiger partial charge in [-0.15, -0.1) is 0 Å². The first-order valence-electron chi connectivity index (χ1n) is 8.49. The lowest BCUT2D eigenvalue weighted by Crippen LogP contribution is -2.08. The highest BCUT2D eigenvalue weighted by molar-refractivity contribution is 7.49. The van der Waals surface area contributed by atoms with E-state index in [-0.39, 0.29) is 17.2 Å². The van der Waals surface area contributed by atoms with Crippen molar-refractivity contribution in [2.45, 2.75) is 0 Å². The summed E-state index contributed by atoms with van der Waals surface area (Å²) in [7, 11) is -4.24. The molecule has 0 aromatic heterocycles. The van der Waals surface area contributed by atoms with E-state index >= 15 is 0 Å². The van der Waals surface area contributed by atoms with Crippen molar-refractivity contribution in [2.75, 3.05) is 11.8 Å². The van der Waals surface area contributed by atoms with Crippen molar-refractivity contribution < 1.29 is 18.1 Å². The average molecular weight is 578 g/mol. The summed E-state index contributed by atoms with van der Waals surface area (Å²) in [4.78, 5) is 0. The normalized spacial score (nSPS) is 10.9. The zero-order valence-corrected chi connectivity index (χ0v) is 21.0. The van der Waals surface area contributed by atoms with Gasteiger partial charge in [-0.1, -0.05) is 0 Å². The van der Waals surface area contributed by atoms with Gasteiger partial charge in [-0.3, -0.25) is 0 Å². The summed E-state index contributed by atoms with van der Waals surface area (Å²) in [6.45, 7) is 0. The number of phosphoric acid groups is 1. The Morgan fingerprint density at radius 1 is 0.469 bits per heavy atom. The lowest BCUT2D eigenvalue weighted by molar-refractivity contribution is 0.298. The molecule has 0 N–H and O–H groups in total. The molecule has 0 heterocycles. The molecule has 0 bridgehead atoms. The molecule has 0 radical (unpaired) electrons. The van der Waals surface area contributed by atoms with Crippen LogP contribution in [0.2, 0.25) is 0 Å². The fourth-order valence-electron chi connectivity index (χ4n) is 2.30. The van der Waals surface area contributed by atoms with Gasteiger partial charge in [-0.25, -0.2) is 0 Å². The highest BCUT2D eigenvalue weighted by Gasteiger charge is 2.33. The summed E-state index contributed by atoms with van der Waals surface area (Å²) in [6.07, 6.45) is 0. The fourth-order valence-corrected chi connectivity index (χ4v) is 4.23. The van der Waals surface area contributed by atoms with E-state index in [0.29, 0.717) is 17.1 Å². The van der Waals surface area contributed by atoms with E-state index in [4.69, 9.17) is 84.2 Å². The molecule has 3 aromatic rings. The molecule has 0 aliphatic rings. The van der Waals surface area contributed by atoms with Gasteiger partial charge in [0.05, 0.1) is 17.1 Å². The summed E-state index contributed by atoms with van der Waals surface area (Å²) >= 11 is 34.1. The Labute approximate surface area is 214 Å². The molecule has 3 aromatic carbocycles. The Kier molecular flexibility index (Phi) is 8.64. The third kappa shape index (κ3) is 6.96. The number of nitrogens with zero attached hydrogens (tertiary/aromatic N) is 3. The smallest absolute Gasteiger partial charge is 0.386 e. The molecule has 0 saturated carbocycles. The van der Waals surface area contributed by atoms with Crippen LogP contribution >= 0.6 is 78.5 Å². The van der Waals surface area contributed by atoms with Gasteiger partial charge in [0, 0.05) is 70.7 Å². The number of halogens is 6. The Hall–Kier alpha value is -1.57. The summed E-state index contributed by atoms with van der Waals surface area (Å²) in [5, 5.41) is 0. The third-order valence-corrected chi connectivity index (χ3v) is 6.22. The van der Waals surface area contributed by atoms with Crippen LogP contribution in [-0.2, 0) is 4.57 Å². The number of hydrogen-bond donors (Lipinski definition) is 0. The molecule has 0 unspecified atom stereocenters. The van der Waals surface area contributed by atoms with Gasteiger partial charge in [-0.2, -0.15) is 16.4 Å². The highest BCUT2D eigenvalue weighted by Crippen LogP contribution is 2.50. The number of phosphoric ester groups is 1. The van der Waals surface area contributed by atoms with E-state index in [9.17, 15) is 4.57 Å². The SMILES string of the molecule is O=P(Oc1ccc(N(Cl)Cl)cc1)(Oc1ccc(N(Cl)Cl)cc1)Oc1ccc(N(Cl)Cl)cc1. The molecule has 3 rings (SSSR count). The van der Waals surface area contributed by atoms with Crippen molar-refractivity contribution in [1.29, 1.82) is 0 Å². The summed E-state index contributed by atoms with van der Waals surface area (Å²) in [5.74, 6) is 0.544. The summed E-state index contributed by atoms with van der Waals surface area (Å²) in [5.41, 5.74) is 1.42. The van der Waals surface area contributed by atoms with Crippen molar-refractivity contribution in [2.24, 2.45) is 0 Å². The van der Waals surface area contributed by atoms with E-state index in [1.165, 1.54) is 36.4 Å². The van der Waals surface area contributed by atoms with Gasteiger partial charge in [0.25, 0.3) is 0 Å². The first kappa shape index (κ1) is 25.1. The van der Waals surface area contributed by atoms with E-state index < -0.39 is 7.82 Å². The van der Waals surface area contributed by atoms with Crippen LogP contribution in [0.5, 0.6) is 17.2 Å². The van der Waals surface area contributed by atoms with E-state index in [0.717, 1.165) is 11.8 Å². The summed E-state index contributed by atoms with van der Waals surface area (Å²) in [6, 6.07) is 18.3. The van der Waals surface area contributed by atoms with Gasteiger partial charge >= 0.3 is 7.82 Å². The molecule has 0 aliphatic heterocycles. The van der Waals surface area contributed by atoms with Crippen molar-refractivity contribution in [3.8, 4) is 17.2 Å². The van der Waals surface area contributed by atoms with Gasteiger partial charge in [0.1, 0.15) is 17.2 Å². The quantitative estimate of drug-likeness (QED) is 0.186. The van der Waals surface area contributed by atoms with Crippen LogP contribution in [0.4, 0.5) is 17.1 Å². The lowest BCUT2D eigenvalue weighted by atomic mass is 10.3. The van der Waals surface area contributed by atoms with Crippen molar-refractivity contribution in [3.05, 3.63) is 72.8 Å². The molecule has 14 heteroatoms. The Balaban J connectivity index is 1.87. The predicted octanol–water partition coefficient (Wildman–Crippen LogP) is 8.67. The average Bonchev–Trinajstić information content (AvgIpc) is 2.74. The molecule has 32 heavy (non-hydrogen) atoms. The minimum Gasteiger partial charge on any atom is -0.386 e. The molecular weight excluding hydrogens is 566 g/mol. The van der Waals surface area contributed by atoms with E-state index in [1.807, 2.05) is 0 Å². The lowest BCUT2D eigenvalue weighted by Gasteiger charge is -2.20. The first-order chi connectivity index (χ1) is 15.1. The highest BCUT2D eigenvalue weighted by atomic mass is 35.6. The Morgan fingerprint density at radius 2 is 0.688 bits per heavy atom. The number of hydrogen-bond acceptors (Lipinski definition) is 7. The van der Waals surface area contributed by atoms with Crippen molar-refractivity contribution in [1.82, 2.24) is 0 Å². The number of benzene rings is 3.